The fraction of sp³-hybridized carbons (Fsp3) is 0.125. The Morgan fingerprint density at radius 1 is 1.06 bits per heavy atom. The summed E-state index contributed by atoms with van der Waals surface area (Å²) in [6.45, 7) is 5.77. The van der Waals surface area contributed by atoms with Gasteiger partial charge in [0.25, 0.3) is 11.8 Å². The van der Waals surface area contributed by atoms with E-state index < -0.39 is 17.6 Å². The van der Waals surface area contributed by atoms with Gasteiger partial charge in [-0.2, -0.15) is 0 Å². The Balaban J connectivity index is 1.79. The quantitative estimate of drug-likeness (QED) is 0.334. The molecule has 162 valence electrons. The van der Waals surface area contributed by atoms with Crippen molar-refractivity contribution >= 4 is 52.5 Å². The van der Waals surface area contributed by atoms with Crippen LogP contribution in [-0.2, 0) is 9.59 Å². The summed E-state index contributed by atoms with van der Waals surface area (Å²) in [6, 6.07) is 13.0. The molecule has 0 atom stereocenters. The van der Waals surface area contributed by atoms with Crippen LogP contribution in [0.3, 0.4) is 0 Å². The van der Waals surface area contributed by atoms with Crippen molar-refractivity contribution in [2.24, 2.45) is 0 Å². The van der Waals surface area contributed by atoms with Gasteiger partial charge in [-0.3, -0.25) is 19.8 Å². The Bertz CT molecular complexity index is 1330. The molecule has 1 N–H and O–H groups in total. The standard InChI is InChI=1S/C24H19ClFN3O2S/c1-13-10-16(15(3)28(13)21-9-5-8-20(25)14(21)2)11-19-22(30)27-24(32)29(23(19)31)18-7-4-6-17(26)12-18/h4-12H,1-3H3,(H,27,30,32)/b19-11+. The van der Waals surface area contributed by atoms with Gasteiger partial charge in [0.05, 0.1) is 5.69 Å². The van der Waals surface area contributed by atoms with Crippen molar-refractivity contribution in [3.8, 4) is 5.69 Å². The van der Waals surface area contributed by atoms with E-state index in [1.807, 2.05) is 49.6 Å². The first kappa shape index (κ1) is 21.9. The van der Waals surface area contributed by atoms with Gasteiger partial charge in [-0.1, -0.05) is 23.7 Å². The molecule has 5 nitrogen and oxygen atoms in total. The molecule has 4 rings (SSSR count). The summed E-state index contributed by atoms with van der Waals surface area (Å²) in [6.07, 6.45) is 1.53. The van der Waals surface area contributed by atoms with Gasteiger partial charge in [-0.25, -0.2) is 4.39 Å². The zero-order valence-corrected chi connectivity index (χ0v) is 19.1. The maximum absolute atomic E-state index is 13.7. The van der Waals surface area contributed by atoms with Gasteiger partial charge in [0.1, 0.15) is 11.4 Å². The smallest absolute Gasteiger partial charge is 0.270 e. The highest BCUT2D eigenvalue weighted by atomic mass is 35.5. The van der Waals surface area contributed by atoms with Crippen LogP contribution < -0.4 is 10.2 Å². The highest BCUT2D eigenvalue weighted by molar-refractivity contribution is 7.80. The zero-order valence-electron chi connectivity index (χ0n) is 17.6. The lowest BCUT2D eigenvalue weighted by molar-refractivity contribution is -0.122. The molecular formula is C24H19ClFN3O2S. The summed E-state index contributed by atoms with van der Waals surface area (Å²) < 4.78 is 15.7. The summed E-state index contributed by atoms with van der Waals surface area (Å²) in [5, 5.41) is 3.07. The van der Waals surface area contributed by atoms with Crippen LogP contribution in [0.25, 0.3) is 11.8 Å². The Morgan fingerprint density at radius 3 is 2.50 bits per heavy atom. The number of carbonyl (C=O) groups is 2. The number of nitrogens with one attached hydrogen (secondary N) is 1. The van der Waals surface area contributed by atoms with Gasteiger partial charge >= 0.3 is 0 Å². The van der Waals surface area contributed by atoms with Crippen molar-refractivity contribution in [1.29, 1.82) is 0 Å². The number of benzene rings is 2. The number of aromatic nitrogens is 1. The SMILES string of the molecule is Cc1c(Cl)cccc1-n1c(C)cc(/C=C2\C(=O)NC(=S)N(c3cccc(F)c3)C2=O)c1C. The minimum atomic E-state index is -0.618. The number of hydrogen-bond acceptors (Lipinski definition) is 3. The Hall–Kier alpha value is -3.29. The van der Waals surface area contributed by atoms with Crippen LogP contribution in [0, 0.1) is 26.6 Å². The second-order valence-corrected chi connectivity index (χ2v) is 8.28. The molecule has 0 aliphatic carbocycles. The lowest BCUT2D eigenvalue weighted by Gasteiger charge is -2.28. The fourth-order valence-electron chi connectivity index (χ4n) is 3.81. The van der Waals surface area contributed by atoms with Gasteiger partial charge in [-0.15, -0.1) is 0 Å². The van der Waals surface area contributed by atoms with E-state index in [4.69, 9.17) is 23.8 Å². The number of amides is 2. The maximum atomic E-state index is 13.7. The molecule has 3 aromatic rings. The minimum Gasteiger partial charge on any atom is -0.318 e. The molecule has 1 aliphatic heterocycles. The molecule has 8 heteroatoms. The first-order valence-corrected chi connectivity index (χ1v) is 10.6. The van der Waals surface area contributed by atoms with Crippen molar-refractivity contribution in [2.45, 2.75) is 20.8 Å². The lowest BCUT2D eigenvalue weighted by atomic mass is 10.1. The summed E-state index contributed by atoms with van der Waals surface area (Å²) in [5.41, 5.74) is 4.44. The van der Waals surface area contributed by atoms with Crippen LogP contribution in [0.1, 0.15) is 22.5 Å². The van der Waals surface area contributed by atoms with Crippen LogP contribution in [0.4, 0.5) is 10.1 Å². The molecule has 0 bridgehead atoms. The van der Waals surface area contributed by atoms with E-state index in [0.717, 1.165) is 27.5 Å². The molecule has 0 radical (unpaired) electrons. The van der Waals surface area contributed by atoms with Crippen molar-refractivity contribution in [1.82, 2.24) is 9.88 Å². The second kappa shape index (κ2) is 8.33. The first-order valence-electron chi connectivity index (χ1n) is 9.80. The van der Waals surface area contributed by atoms with E-state index >= 15 is 0 Å². The van der Waals surface area contributed by atoms with Gasteiger partial charge in [-0.05, 0) is 86.6 Å². The van der Waals surface area contributed by atoms with Crippen LogP contribution in [-0.4, -0.2) is 21.5 Å². The normalized spacial score (nSPS) is 15.5. The molecule has 1 fully saturated rings. The molecule has 2 heterocycles. The van der Waals surface area contributed by atoms with Crippen LogP contribution in [0.5, 0.6) is 0 Å². The maximum Gasteiger partial charge on any atom is 0.270 e. The second-order valence-electron chi connectivity index (χ2n) is 7.48. The number of nitrogens with zero attached hydrogens (tertiary/aromatic N) is 2. The Labute approximate surface area is 195 Å². The van der Waals surface area contributed by atoms with Gasteiger partial charge in [0.15, 0.2) is 5.11 Å². The Kier molecular flexibility index (Phi) is 5.71. The van der Waals surface area contributed by atoms with Crippen molar-refractivity contribution in [2.75, 3.05) is 4.90 Å². The van der Waals surface area contributed by atoms with Crippen molar-refractivity contribution in [3.05, 3.63) is 87.5 Å². The van der Waals surface area contributed by atoms with E-state index in [0.29, 0.717) is 10.6 Å². The lowest BCUT2D eigenvalue weighted by Crippen LogP contribution is -2.54. The number of hydrogen-bond donors (Lipinski definition) is 1. The molecule has 2 aromatic carbocycles. The minimum absolute atomic E-state index is 0.0917. The number of halogens is 2. The molecule has 2 amide bonds. The average Bonchev–Trinajstić information content (AvgIpc) is 3.00. The third-order valence-electron chi connectivity index (χ3n) is 5.42. The Morgan fingerprint density at radius 2 is 1.78 bits per heavy atom. The molecule has 0 saturated carbocycles. The molecule has 1 aromatic heterocycles. The third kappa shape index (κ3) is 3.74. The summed E-state index contributed by atoms with van der Waals surface area (Å²) >= 11 is 11.5. The average molecular weight is 468 g/mol. The zero-order chi connectivity index (χ0) is 23.2. The topological polar surface area (TPSA) is 54.3 Å². The summed E-state index contributed by atoms with van der Waals surface area (Å²) in [4.78, 5) is 26.9. The van der Waals surface area contributed by atoms with Crippen molar-refractivity contribution < 1.29 is 14.0 Å². The highest BCUT2D eigenvalue weighted by Gasteiger charge is 2.35. The molecule has 1 aliphatic rings. The monoisotopic (exact) mass is 467 g/mol. The van der Waals surface area contributed by atoms with E-state index in [-0.39, 0.29) is 16.4 Å². The van der Waals surface area contributed by atoms with Crippen molar-refractivity contribution in [3.63, 3.8) is 0 Å². The number of rotatable bonds is 3. The highest BCUT2D eigenvalue weighted by Crippen LogP contribution is 2.29. The third-order valence-corrected chi connectivity index (χ3v) is 6.11. The van der Waals surface area contributed by atoms with Crippen LogP contribution in [0.15, 0.2) is 54.1 Å². The van der Waals surface area contributed by atoms with E-state index in [1.54, 1.807) is 6.07 Å². The molecule has 1 saturated heterocycles. The van der Waals surface area contributed by atoms with E-state index in [9.17, 15) is 14.0 Å². The molecular weight excluding hydrogens is 449 g/mol. The summed E-state index contributed by atoms with van der Waals surface area (Å²) in [5.74, 6) is -1.73. The van der Waals surface area contributed by atoms with Gasteiger partial charge in [0.2, 0.25) is 0 Å². The largest absolute Gasteiger partial charge is 0.318 e. The van der Waals surface area contributed by atoms with Gasteiger partial charge < -0.3 is 4.57 Å². The van der Waals surface area contributed by atoms with Crippen LogP contribution in [0.2, 0.25) is 5.02 Å². The van der Waals surface area contributed by atoms with Crippen LogP contribution >= 0.6 is 23.8 Å². The van der Waals surface area contributed by atoms with E-state index in [1.165, 1.54) is 24.3 Å². The number of aryl methyl sites for hydroxylation is 1. The fourth-order valence-corrected chi connectivity index (χ4v) is 4.26. The number of thiocarbonyl (C=S) groups is 1. The molecule has 0 spiro atoms. The van der Waals surface area contributed by atoms with E-state index in [2.05, 4.69) is 5.32 Å². The molecule has 0 unspecified atom stereocenters. The van der Waals surface area contributed by atoms with Gasteiger partial charge in [0, 0.05) is 22.1 Å². The predicted molar refractivity (Wildman–Crippen MR) is 128 cm³/mol. The first-order chi connectivity index (χ1) is 15.2. The predicted octanol–water partition coefficient (Wildman–Crippen LogP) is 5.03. The summed E-state index contributed by atoms with van der Waals surface area (Å²) in [7, 11) is 0. The number of carbonyl (C=O) groups excluding carboxylic acids is 2. The molecule has 32 heavy (non-hydrogen) atoms. The number of anilines is 1.